The number of ether oxygens (including phenoxy) is 1. The van der Waals surface area contributed by atoms with Gasteiger partial charge in [-0.05, 0) is 107 Å². The second-order valence-electron chi connectivity index (χ2n) is 16.3. The first-order valence-electron chi connectivity index (χ1n) is 20.8. The van der Waals surface area contributed by atoms with Crippen LogP contribution in [0, 0.1) is 5.82 Å². The summed E-state index contributed by atoms with van der Waals surface area (Å²) in [7, 11) is -2.74. The van der Waals surface area contributed by atoms with Gasteiger partial charge in [0.05, 0.1) is 0 Å². The standard InChI is InChI=1S/C48H58FN5O5Si/c1-48(2,3)60(44-10-6-4-7-11-44,45-12-8-5-9-13-45)59-43-24-22-42(23-25-43)58-35-41(55)34-50-30-26-36-14-18-38(19-15-36)52-40-28-32-54(33-29-40)47(57)51-31-27-46(56)53-39-20-16-37(49)17-21-39/h4-25,40-41,50,52,55H,26-35H2,1-3H3,(H,51,57)(H,53,56)/t41-/m0/s1. The van der Waals surface area contributed by atoms with Gasteiger partial charge in [0.25, 0.3) is 0 Å². The van der Waals surface area contributed by atoms with Gasteiger partial charge in [0.15, 0.2) is 0 Å². The fourth-order valence-electron chi connectivity index (χ4n) is 7.56. The molecule has 6 rings (SSSR count). The van der Waals surface area contributed by atoms with Crippen LogP contribution < -0.4 is 40.8 Å². The molecule has 0 aromatic heterocycles. The van der Waals surface area contributed by atoms with E-state index in [2.05, 4.69) is 115 Å². The number of halogens is 1. The molecule has 1 atom stereocenters. The number of nitrogens with one attached hydrogen (secondary N) is 4. The molecule has 3 amide bonds. The first kappa shape index (κ1) is 43.9. The lowest BCUT2D eigenvalue weighted by molar-refractivity contribution is -0.116. The summed E-state index contributed by atoms with van der Waals surface area (Å²) in [6.45, 7) is 9.55. The van der Waals surface area contributed by atoms with E-state index in [1.807, 2.05) is 36.4 Å². The van der Waals surface area contributed by atoms with Gasteiger partial charge in [0.2, 0.25) is 5.91 Å². The van der Waals surface area contributed by atoms with Crippen molar-refractivity contribution in [2.24, 2.45) is 0 Å². The first-order valence-corrected chi connectivity index (χ1v) is 22.7. The number of rotatable bonds is 18. The smallest absolute Gasteiger partial charge is 0.319 e. The molecule has 1 aliphatic rings. The van der Waals surface area contributed by atoms with E-state index in [-0.39, 0.29) is 48.4 Å². The van der Waals surface area contributed by atoms with Crippen LogP contribution in [0.5, 0.6) is 11.5 Å². The number of piperidine rings is 1. The maximum Gasteiger partial charge on any atom is 0.319 e. The average Bonchev–Trinajstić information content (AvgIpc) is 3.26. The molecule has 5 aromatic carbocycles. The molecule has 0 unspecified atom stereocenters. The lowest BCUT2D eigenvalue weighted by Gasteiger charge is -2.43. The van der Waals surface area contributed by atoms with Crippen molar-refractivity contribution in [3.05, 3.63) is 145 Å². The third-order valence-electron chi connectivity index (χ3n) is 10.8. The van der Waals surface area contributed by atoms with Gasteiger partial charge in [-0.25, -0.2) is 9.18 Å². The van der Waals surface area contributed by atoms with E-state index in [1.165, 1.54) is 40.2 Å². The third-order valence-corrected chi connectivity index (χ3v) is 15.7. The van der Waals surface area contributed by atoms with E-state index in [9.17, 15) is 19.1 Å². The number of aliphatic hydroxyl groups excluding tert-OH is 1. The van der Waals surface area contributed by atoms with Crippen LogP contribution in [0.2, 0.25) is 5.04 Å². The summed E-state index contributed by atoms with van der Waals surface area (Å²) in [5.41, 5.74) is 2.75. The SMILES string of the molecule is CC(C)(C)[Si](Oc1ccc(OC[C@@H](O)CNCCc2ccc(NC3CCN(C(=O)NCCC(=O)Nc4ccc(F)cc4)CC3)cc2)cc1)(c1ccccc1)c1ccccc1. The predicted octanol–water partition coefficient (Wildman–Crippen LogP) is 6.95. The quantitative estimate of drug-likeness (QED) is 0.0479. The van der Waals surface area contributed by atoms with Crippen molar-refractivity contribution in [1.29, 1.82) is 0 Å². The number of nitrogens with zero attached hydrogens (tertiary/aromatic N) is 1. The molecule has 0 radical (unpaired) electrons. The second kappa shape index (κ2) is 21.0. The minimum Gasteiger partial charge on any atom is -0.534 e. The van der Waals surface area contributed by atoms with E-state index in [0.717, 1.165) is 37.2 Å². The topological polar surface area (TPSA) is 124 Å². The van der Waals surface area contributed by atoms with Crippen molar-refractivity contribution >= 4 is 42.0 Å². The first-order chi connectivity index (χ1) is 29.0. The summed E-state index contributed by atoms with van der Waals surface area (Å²) in [6, 6.07) is 42.9. The van der Waals surface area contributed by atoms with Crippen molar-refractivity contribution in [3.8, 4) is 11.5 Å². The van der Waals surface area contributed by atoms with E-state index in [4.69, 9.17) is 9.16 Å². The summed E-state index contributed by atoms with van der Waals surface area (Å²) in [6.07, 6.45) is 1.92. The lowest BCUT2D eigenvalue weighted by Crippen LogP contribution is -2.68. The Labute approximate surface area is 354 Å². The Balaban J connectivity index is 0.862. The molecule has 1 fully saturated rings. The Hall–Kier alpha value is -5.69. The number of carbonyl (C=O) groups excluding carboxylic acids is 2. The van der Waals surface area contributed by atoms with Gasteiger partial charge in [-0.1, -0.05) is 93.6 Å². The van der Waals surface area contributed by atoms with Gasteiger partial charge < -0.3 is 40.4 Å². The maximum absolute atomic E-state index is 13.1. The van der Waals surface area contributed by atoms with Crippen molar-refractivity contribution in [2.75, 3.05) is 50.0 Å². The van der Waals surface area contributed by atoms with Crippen LogP contribution in [-0.4, -0.2) is 81.7 Å². The van der Waals surface area contributed by atoms with Crippen LogP contribution in [0.1, 0.15) is 45.6 Å². The second-order valence-corrected chi connectivity index (χ2v) is 20.5. The van der Waals surface area contributed by atoms with Crippen LogP contribution >= 0.6 is 0 Å². The molecular weight excluding hydrogens is 774 g/mol. The van der Waals surface area contributed by atoms with Crippen molar-refractivity contribution < 1.29 is 28.2 Å². The van der Waals surface area contributed by atoms with Crippen LogP contribution in [0.25, 0.3) is 0 Å². The summed E-state index contributed by atoms with van der Waals surface area (Å²) < 4.78 is 26.1. The number of urea groups is 1. The molecule has 0 aliphatic carbocycles. The molecule has 1 heterocycles. The molecule has 12 heteroatoms. The molecular formula is C48H58FN5O5Si. The number of hydrogen-bond donors (Lipinski definition) is 5. The van der Waals surface area contributed by atoms with Gasteiger partial charge in [-0.2, -0.15) is 0 Å². The minimum absolute atomic E-state index is 0.128. The van der Waals surface area contributed by atoms with Gasteiger partial charge in [0, 0.05) is 50.0 Å². The number of hydrogen-bond acceptors (Lipinski definition) is 7. The van der Waals surface area contributed by atoms with Gasteiger partial charge >= 0.3 is 14.3 Å². The molecule has 1 aliphatic heterocycles. The molecule has 60 heavy (non-hydrogen) atoms. The van der Waals surface area contributed by atoms with Crippen LogP contribution in [0.3, 0.4) is 0 Å². The third kappa shape index (κ3) is 12.2. The Morgan fingerprint density at radius 3 is 1.97 bits per heavy atom. The van der Waals surface area contributed by atoms with Crippen molar-refractivity contribution in [2.45, 2.75) is 63.6 Å². The zero-order valence-corrected chi connectivity index (χ0v) is 35.8. The molecule has 0 bridgehead atoms. The molecule has 0 saturated carbocycles. The zero-order valence-electron chi connectivity index (χ0n) is 34.8. The zero-order chi connectivity index (χ0) is 42.4. The number of aliphatic hydroxyl groups is 1. The largest absolute Gasteiger partial charge is 0.534 e. The molecule has 316 valence electrons. The van der Waals surface area contributed by atoms with Gasteiger partial charge in [0.1, 0.15) is 30.0 Å². The highest BCUT2D eigenvalue weighted by Gasteiger charge is 2.52. The predicted molar refractivity (Wildman–Crippen MR) is 240 cm³/mol. The lowest BCUT2D eigenvalue weighted by atomic mass is 10.0. The minimum atomic E-state index is -2.74. The molecule has 5 N–H and O–H groups in total. The number of benzene rings is 5. The Kier molecular flexibility index (Phi) is 15.4. The van der Waals surface area contributed by atoms with Gasteiger partial charge in [-0.15, -0.1) is 0 Å². The summed E-state index contributed by atoms with van der Waals surface area (Å²) in [4.78, 5) is 26.6. The summed E-state index contributed by atoms with van der Waals surface area (Å²) in [5, 5.41) is 25.4. The molecule has 10 nitrogen and oxygen atoms in total. The Bertz CT molecular complexity index is 2040. The van der Waals surface area contributed by atoms with E-state index >= 15 is 0 Å². The fourth-order valence-corrected chi connectivity index (χ4v) is 12.0. The number of anilines is 2. The Morgan fingerprint density at radius 2 is 1.37 bits per heavy atom. The van der Waals surface area contributed by atoms with E-state index in [0.29, 0.717) is 31.1 Å². The van der Waals surface area contributed by atoms with Crippen LogP contribution in [0.15, 0.2) is 133 Å². The highest BCUT2D eigenvalue weighted by Crippen LogP contribution is 2.38. The fraction of sp³-hybridized carbons (Fsp3) is 0.333. The average molecular weight is 832 g/mol. The van der Waals surface area contributed by atoms with Crippen LogP contribution in [-0.2, 0) is 11.2 Å². The molecule has 1 saturated heterocycles. The van der Waals surface area contributed by atoms with Crippen molar-refractivity contribution in [3.63, 3.8) is 0 Å². The van der Waals surface area contributed by atoms with E-state index in [1.54, 1.807) is 4.90 Å². The Morgan fingerprint density at radius 1 is 0.783 bits per heavy atom. The normalized spacial score (nSPS) is 13.9. The summed E-state index contributed by atoms with van der Waals surface area (Å²) in [5.74, 6) is 0.846. The summed E-state index contributed by atoms with van der Waals surface area (Å²) >= 11 is 0. The highest BCUT2D eigenvalue weighted by molar-refractivity contribution is 7.00. The maximum atomic E-state index is 13.1. The van der Waals surface area contributed by atoms with Crippen LogP contribution in [0.4, 0.5) is 20.6 Å². The molecule has 0 spiro atoms. The number of amides is 3. The highest BCUT2D eigenvalue weighted by atomic mass is 28.4. The molecule has 5 aromatic rings. The van der Waals surface area contributed by atoms with Gasteiger partial charge in [-0.3, -0.25) is 4.79 Å². The van der Waals surface area contributed by atoms with E-state index < -0.39 is 14.4 Å². The van der Waals surface area contributed by atoms with Crippen molar-refractivity contribution in [1.82, 2.24) is 15.5 Å². The number of likely N-dealkylation sites (tertiary alicyclic amines) is 1. The monoisotopic (exact) mass is 831 g/mol. The number of carbonyl (C=O) groups is 2.